The molecule has 0 aliphatic rings. The van der Waals surface area contributed by atoms with Crippen molar-refractivity contribution in [3.63, 3.8) is 0 Å². The van der Waals surface area contributed by atoms with Crippen molar-refractivity contribution in [2.45, 2.75) is 25.5 Å². The lowest BCUT2D eigenvalue weighted by atomic mass is 10.1. The molecule has 1 radical (unpaired) electrons. The Morgan fingerprint density at radius 1 is 1.86 bits per heavy atom. The van der Waals surface area contributed by atoms with Gasteiger partial charge in [0.15, 0.2) is 0 Å². The van der Waals surface area contributed by atoms with Crippen molar-refractivity contribution in [1.82, 2.24) is 0 Å². The van der Waals surface area contributed by atoms with E-state index in [9.17, 15) is 0 Å². The van der Waals surface area contributed by atoms with Crippen LogP contribution >= 0.6 is 0 Å². The standard InChI is InChI=1S/C5H12NO/c1-3-5(7)4(2)6/h4-5,7H,1,3,6H2,2H3. The molecule has 0 aromatic rings. The fraction of sp³-hybridized carbons (Fsp3) is 0.800. The van der Waals surface area contributed by atoms with E-state index < -0.39 is 6.10 Å². The summed E-state index contributed by atoms with van der Waals surface area (Å²) >= 11 is 0. The van der Waals surface area contributed by atoms with E-state index >= 15 is 0 Å². The highest BCUT2D eigenvalue weighted by Gasteiger charge is 2.03. The van der Waals surface area contributed by atoms with E-state index in [0.29, 0.717) is 6.42 Å². The van der Waals surface area contributed by atoms with Crippen LogP contribution in [0.25, 0.3) is 0 Å². The summed E-state index contributed by atoms with van der Waals surface area (Å²) in [5.74, 6) is 0. The van der Waals surface area contributed by atoms with Crippen LogP contribution in [0.3, 0.4) is 0 Å². The topological polar surface area (TPSA) is 46.2 Å². The summed E-state index contributed by atoms with van der Waals surface area (Å²) in [6.45, 7) is 5.24. The van der Waals surface area contributed by atoms with Gasteiger partial charge in [0.2, 0.25) is 0 Å². The predicted molar refractivity (Wildman–Crippen MR) is 29.6 cm³/mol. The summed E-state index contributed by atoms with van der Waals surface area (Å²) in [7, 11) is 0. The monoisotopic (exact) mass is 102 g/mol. The lowest BCUT2D eigenvalue weighted by Gasteiger charge is -2.09. The molecule has 0 aliphatic heterocycles. The van der Waals surface area contributed by atoms with Crippen molar-refractivity contribution in [3.05, 3.63) is 6.92 Å². The highest BCUT2D eigenvalue weighted by Crippen LogP contribution is 1.91. The van der Waals surface area contributed by atoms with Crippen LogP contribution in [-0.4, -0.2) is 17.3 Å². The molecule has 0 heterocycles. The van der Waals surface area contributed by atoms with Crippen LogP contribution in [-0.2, 0) is 0 Å². The molecule has 0 aliphatic carbocycles. The average molecular weight is 102 g/mol. The molecule has 0 rings (SSSR count). The highest BCUT2D eigenvalue weighted by molar-refractivity contribution is 4.65. The number of hydrogen-bond acceptors (Lipinski definition) is 2. The summed E-state index contributed by atoms with van der Waals surface area (Å²) in [5.41, 5.74) is 5.26. The minimum Gasteiger partial charge on any atom is -0.392 e. The van der Waals surface area contributed by atoms with E-state index in [1.807, 2.05) is 0 Å². The Labute approximate surface area is 44.3 Å². The van der Waals surface area contributed by atoms with Gasteiger partial charge in [0.25, 0.3) is 0 Å². The summed E-state index contributed by atoms with van der Waals surface area (Å²) in [6.07, 6.45) is 0.0671. The van der Waals surface area contributed by atoms with Gasteiger partial charge in [-0.05, 0) is 13.3 Å². The van der Waals surface area contributed by atoms with Crippen LogP contribution < -0.4 is 5.73 Å². The zero-order chi connectivity index (χ0) is 5.86. The fourth-order valence-corrected chi connectivity index (χ4v) is 0.263. The van der Waals surface area contributed by atoms with E-state index in [0.717, 1.165) is 0 Å². The Morgan fingerprint density at radius 3 is 2.29 bits per heavy atom. The minimum absolute atomic E-state index is 0.141. The Bertz CT molecular complexity index is 45.3. The molecular formula is C5H12NO. The molecule has 3 N–H and O–H groups in total. The second-order valence-electron chi connectivity index (χ2n) is 1.72. The first kappa shape index (κ1) is 6.92. The van der Waals surface area contributed by atoms with Crippen LogP contribution in [0.1, 0.15) is 13.3 Å². The molecule has 0 spiro atoms. The first-order valence-corrected chi connectivity index (χ1v) is 2.41. The molecule has 0 amide bonds. The van der Waals surface area contributed by atoms with E-state index in [2.05, 4.69) is 6.92 Å². The molecule has 2 atom stereocenters. The van der Waals surface area contributed by atoms with Crippen molar-refractivity contribution >= 4 is 0 Å². The maximum atomic E-state index is 8.75. The number of nitrogens with two attached hydrogens (primary N) is 1. The Kier molecular flexibility index (Phi) is 2.96. The normalized spacial score (nSPS) is 18.9. The van der Waals surface area contributed by atoms with Crippen LogP contribution in [0.4, 0.5) is 0 Å². The van der Waals surface area contributed by atoms with Gasteiger partial charge in [0.05, 0.1) is 6.10 Å². The van der Waals surface area contributed by atoms with Crippen LogP contribution in [0.15, 0.2) is 0 Å². The summed E-state index contributed by atoms with van der Waals surface area (Å²) in [5, 5.41) is 8.75. The smallest absolute Gasteiger partial charge is 0.0688 e. The highest BCUT2D eigenvalue weighted by atomic mass is 16.3. The fourth-order valence-electron chi connectivity index (χ4n) is 0.263. The maximum absolute atomic E-state index is 8.75. The second-order valence-corrected chi connectivity index (χ2v) is 1.72. The number of aliphatic hydroxyl groups excluding tert-OH is 1. The largest absolute Gasteiger partial charge is 0.392 e. The first-order chi connectivity index (χ1) is 3.18. The Morgan fingerprint density at radius 2 is 2.29 bits per heavy atom. The molecule has 43 valence electrons. The molecule has 7 heavy (non-hydrogen) atoms. The van der Waals surface area contributed by atoms with Crippen molar-refractivity contribution in [3.8, 4) is 0 Å². The summed E-state index contributed by atoms with van der Waals surface area (Å²) in [4.78, 5) is 0. The van der Waals surface area contributed by atoms with Crippen LogP contribution in [0.2, 0.25) is 0 Å². The average Bonchev–Trinajstić information content (AvgIpc) is 1.65. The third kappa shape index (κ3) is 2.60. The quantitative estimate of drug-likeness (QED) is 0.512. The third-order valence-electron chi connectivity index (χ3n) is 0.903. The maximum Gasteiger partial charge on any atom is 0.0688 e. The van der Waals surface area contributed by atoms with Crippen molar-refractivity contribution in [2.75, 3.05) is 0 Å². The lowest BCUT2D eigenvalue weighted by Crippen LogP contribution is -2.30. The zero-order valence-electron chi connectivity index (χ0n) is 4.59. The van der Waals surface area contributed by atoms with E-state index in [1.165, 1.54) is 0 Å². The number of hydrogen-bond donors (Lipinski definition) is 2. The van der Waals surface area contributed by atoms with E-state index in [4.69, 9.17) is 10.8 Å². The van der Waals surface area contributed by atoms with Gasteiger partial charge in [-0.1, -0.05) is 6.92 Å². The third-order valence-corrected chi connectivity index (χ3v) is 0.903. The van der Waals surface area contributed by atoms with Crippen LogP contribution in [0, 0.1) is 6.92 Å². The van der Waals surface area contributed by atoms with Gasteiger partial charge in [-0.15, -0.1) is 0 Å². The summed E-state index contributed by atoms with van der Waals surface area (Å²) < 4.78 is 0. The van der Waals surface area contributed by atoms with Crippen molar-refractivity contribution in [1.29, 1.82) is 0 Å². The SMILES string of the molecule is [CH2]CC(O)C(C)N. The van der Waals surface area contributed by atoms with E-state index in [-0.39, 0.29) is 6.04 Å². The number of rotatable bonds is 2. The van der Waals surface area contributed by atoms with Crippen molar-refractivity contribution in [2.24, 2.45) is 5.73 Å². The van der Waals surface area contributed by atoms with Gasteiger partial charge in [-0.25, -0.2) is 0 Å². The lowest BCUT2D eigenvalue weighted by molar-refractivity contribution is 0.153. The molecule has 2 unspecified atom stereocenters. The second kappa shape index (κ2) is 2.99. The molecule has 2 heteroatoms. The Balaban J connectivity index is 3.14. The van der Waals surface area contributed by atoms with Gasteiger partial charge < -0.3 is 10.8 Å². The first-order valence-electron chi connectivity index (χ1n) is 2.41. The predicted octanol–water partition coefficient (Wildman–Crippen LogP) is -0.0813. The zero-order valence-corrected chi connectivity index (χ0v) is 4.59. The molecule has 0 saturated heterocycles. The minimum atomic E-state index is -0.431. The van der Waals surface area contributed by atoms with E-state index in [1.54, 1.807) is 6.92 Å². The molecule has 0 bridgehead atoms. The molecule has 2 nitrogen and oxygen atoms in total. The van der Waals surface area contributed by atoms with Gasteiger partial charge >= 0.3 is 0 Å². The Hall–Kier alpha value is -0.0800. The van der Waals surface area contributed by atoms with Crippen LogP contribution in [0.5, 0.6) is 0 Å². The molecule has 0 aromatic heterocycles. The van der Waals surface area contributed by atoms with Gasteiger partial charge in [0.1, 0.15) is 0 Å². The van der Waals surface area contributed by atoms with Gasteiger partial charge in [-0.3, -0.25) is 0 Å². The number of aliphatic hydroxyl groups is 1. The van der Waals surface area contributed by atoms with Crippen molar-refractivity contribution < 1.29 is 5.11 Å². The molecular weight excluding hydrogens is 90.1 g/mol. The molecule has 0 fully saturated rings. The molecule has 0 aromatic carbocycles. The molecule has 0 saturated carbocycles. The van der Waals surface area contributed by atoms with Gasteiger partial charge in [0, 0.05) is 6.04 Å². The summed E-state index contributed by atoms with van der Waals surface area (Å²) in [6, 6.07) is -0.141. The van der Waals surface area contributed by atoms with Gasteiger partial charge in [-0.2, -0.15) is 0 Å².